The highest BCUT2D eigenvalue weighted by atomic mass is 16.6. The number of furan rings is 1. The minimum atomic E-state index is -1.18. The molecule has 4 aliphatic rings. The Morgan fingerprint density at radius 2 is 1.54 bits per heavy atom. The molecule has 9 heteroatoms. The number of hydrogen-bond acceptors (Lipinski definition) is 9. The van der Waals surface area contributed by atoms with Gasteiger partial charge in [0.15, 0.2) is 0 Å². The predicted octanol–water partition coefficient (Wildman–Crippen LogP) is 4.60. The van der Waals surface area contributed by atoms with Crippen molar-refractivity contribution in [3.8, 4) is 0 Å². The van der Waals surface area contributed by atoms with Crippen LogP contribution in [0.25, 0.3) is 0 Å². The van der Waals surface area contributed by atoms with Crippen LogP contribution in [0.5, 0.6) is 0 Å². The summed E-state index contributed by atoms with van der Waals surface area (Å²) in [4.78, 5) is 51.4. The van der Waals surface area contributed by atoms with Crippen LogP contribution in [0, 0.1) is 39.4 Å². The van der Waals surface area contributed by atoms with E-state index in [1.807, 2.05) is 26.8 Å². The number of carbonyl (C=O) groups excluding carboxylic acids is 4. The number of aliphatic hydroxyl groups excluding tert-OH is 1. The number of ether oxygens (including phenoxy) is 3. The Balaban J connectivity index is 1.71. The SMILES string of the molecule is CC(=O)OC1C(O)C2(C)C3C(=O)CC(c4ccoc4)C3(C)CCC2C2(C)C(OC(C)=O)CC(OC(C)=O)C(C)(C)C12. The first kappa shape index (κ1) is 29.8. The van der Waals surface area contributed by atoms with Gasteiger partial charge in [-0.15, -0.1) is 0 Å². The van der Waals surface area contributed by atoms with Crippen molar-refractivity contribution in [2.75, 3.05) is 0 Å². The number of carbonyl (C=O) groups is 4. The van der Waals surface area contributed by atoms with Gasteiger partial charge in [-0.1, -0.05) is 34.6 Å². The molecule has 11 atom stereocenters. The van der Waals surface area contributed by atoms with Crippen LogP contribution in [0.15, 0.2) is 23.0 Å². The van der Waals surface area contributed by atoms with Gasteiger partial charge in [0.05, 0.1) is 18.6 Å². The van der Waals surface area contributed by atoms with Gasteiger partial charge in [0.1, 0.15) is 24.1 Å². The van der Waals surface area contributed by atoms with E-state index in [9.17, 15) is 24.3 Å². The maximum atomic E-state index is 14.1. The molecule has 4 fully saturated rings. The summed E-state index contributed by atoms with van der Waals surface area (Å²) in [6.45, 7) is 14.1. The van der Waals surface area contributed by atoms with Crippen LogP contribution in [-0.4, -0.2) is 53.2 Å². The van der Waals surface area contributed by atoms with Crippen molar-refractivity contribution in [1.29, 1.82) is 0 Å². The van der Waals surface area contributed by atoms with Crippen molar-refractivity contribution in [3.63, 3.8) is 0 Å². The molecule has 0 aromatic carbocycles. The zero-order valence-electron chi connectivity index (χ0n) is 25.4. The van der Waals surface area contributed by atoms with E-state index in [1.54, 1.807) is 12.5 Å². The molecule has 0 amide bonds. The van der Waals surface area contributed by atoms with Crippen molar-refractivity contribution < 1.29 is 42.9 Å². The number of Topliss-reactive ketones (excluding diaryl/α,β-unsaturated/α-hetero) is 1. The van der Waals surface area contributed by atoms with E-state index >= 15 is 0 Å². The second-order valence-electron chi connectivity index (χ2n) is 14.3. The summed E-state index contributed by atoms with van der Waals surface area (Å²) in [5.74, 6) is -2.80. The quantitative estimate of drug-likeness (QED) is 0.406. The molecule has 9 nitrogen and oxygen atoms in total. The molecule has 4 saturated carbocycles. The Labute approximate surface area is 241 Å². The van der Waals surface area contributed by atoms with E-state index in [0.29, 0.717) is 12.8 Å². The Morgan fingerprint density at radius 1 is 0.927 bits per heavy atom. The molecule has 5 rings (SSSR count). The van der Waals surface area contributed by atoms with Gasteiger partial charge in [-0.25, -0.2) is 0 Å². The molecule has 0 aliphatic heterocycles. The Kier molecular flexibility index (Phi) is 7.03. The van der Waals surface area contributed by atoms with Gasteiger partial charge >= 0.3 is 17.9 Å². The van der Waals surface area contributed by atoms with Gasteiger partial charge in [0.2, 0.25) is 0 Å². The normalized spacial score (nSPS) is 44.7. The first-order chi connectivity index (χ1) is 19.0. The van der Waals surface area contributed by atoms with Crippen LogP contribution in [0.2, 0.25) is 0 Å². The molecule has 1 heterocycles. The molecule has 11 unspecified atom stereocenters. The molecule has 41 heavy (non-hydrogen) atoms. The maximum absolute atomic E-state index is 14.1. The lowest BCUT2D eigenvalue weighted by Crippen LogP contribution is -2.76. The second-order valence-corrected chi connectivity index (χ2v) is 14.3. The summed E-state index contributed by atoms with van der Waals surface area (Å²) >= 11 is 0. The Bertz CT molecular complexity index is 1240. The molecule has 4 aliphatic carbocycles. The smallest absolute Gasteiger partial charge is 0.303 e. The lowest BCUT2D eigenvalue weighted by atomic mass is 9.34. The third kappa shape index (κ3) is 4.12. The van der Waals surface area contributed by atoms with E-state index in [-0.39, 0.29) is 24.0 Å². The summed E-state index contributed by atoms with van der Waals surface area (Å²) < 4.78 is 23.3. The average Bonchev–Trinajstić information content (AvgIpc) is 3.46. The fraction of sp³-hybridized carbons (Fsp3) is 0.750. The zero-order chi connectivity index (χ0) is 30.3. The van der Waals surface area contributed by atoms with Crippen LogP contribution in [-0.2, 0) is 33.4 Å². The van der Waals surface area contributed by atoms with Crippen molar-refractivity contribution >= 4 is 23.7 Å². The summed E-state index contributed by atoms with van der Waals surface area (Å²) in [7, 11) is 0. The Hall–Kier alpha value is -2.68. The van der Waals surface area contributed by atoms with E-state index in [0.717, 1.165) is 12.0 Å². The number of fused-ring (bicyclic) bond motifs is 5. The van der Waals surface area contributed by atoms with Gasteiger partial charge in [0, 0.05) is 61.7 Å². The second kappa shape index (κ2) is 9.68. The first-order valence-electron chi connectivity index (χ1n) is 14.7. The standard InChI is InChI=1S/C32H44O9/c1-16(33)39-23-14-24(40-17(2)34)31(7)22-9-11-30(6)20(19-10-12-38-15-19)13-21(36)26(30)32(22,8)28(37)25(41-18(3)35)27(31)29(23,4)5/h10,12,15,20,22-28,37H,9,11,13-14H2,1-8H3. The van der Waals surface area contributed by atoms with E-state index in [1.165, 1.54) is 20.8 Å². The Morgan fingerprint density at radius 3 is 2.10 bits per heavy atom. The van der Waals surface area contributed by atoms with Crippen LogP contribution < -0.4 is 0 Å². The summed E-state index contributed by atoms with van der Waals surface area (Å²) in [6.07, 6.45) is 1.78. The molecule has 0 saturated heterocycles. The van der Waals surface area contributed by atoms with Gasteiger partial charge < -0.3 is 23.7 Å². The molecular weight excluding hydrogens is 528 g/mol. The van der Waals surface area contributed by atoms with Crippen LogP contribution >= 0.6 is 0 Å². The highest BCUT2D eigenvalue weighted by Gasteiger charge is 2.77. The van der Waals surface area contributed by atoms with Crippen molar-refractivity contribution in [3.05, 3.63) is 24.2 Å². The third-order valence-electron chi connectivity index (χ3n) is 11.8. The molecule has 1 aromatic heterocycles. The molecule has 226 valence electrons. The predicted molar refractivity (Wildman–Crippen MR) is 146 cm³/mol. The fourth-order valence-electron chi connectivity index (χ4n) is 10.6. The molecule has 0 radical (unpaired) electrons. The van der Waals surface area contributed by atoms with Gasteiger partial charge in [-0.05, 0) is 41.7 Å². The number of esters is 3. The minimum Gasteiger partial charge on any atom is -0.472 e. The van der Waals surface area contributed by atoms with Gasteiger partial charge in [-0.2, -0.15) is 0 Å². The lowest BCUT2D eigenvalue weighted by Gasteiger charge is -2.71. The molecule has 0 bridgehead atoms. The van der Waals surface area contributed by atoms with E-state index in [4.69, 9.17) is 18.6 Å². The monoisotopic (exact) mass is 572 g/mol. The number of rotatable bonds is 4. The van der Waals surface area contributed by atoms with E-state index in [2.05, 4.69) is 13.8 Å². The topological polar surface area (TPSA) is 129 Å². The van der Waals surface area contributed by atoms with Crippen LogP contribution in [0.1, 0.15) is 92.6 Å². The van der Waals surface area contributed by atoms with Crippen molar-refractivity contribution in [2.45, 2.75) is 111 Å². The first-order valence-corrected chi connectivity index (χ1v) is 14.7. The maximum Gasteiger partial charge on any atom is 0.303 e. The summed E-state index contributed by atoms with van der Waals surface area (Å²) in [5, 5.41) is 12.4. The van der Waals surface area contributed by atoms with Crippen molar-refractivity contribution in [1.82, 2.24) is 0 Å². The average molecular weight is 573 g/mol. The zero-order valence-corrected chi connectivity index (χ0v) is 25.4. The largest absolute Gasteiger partial charge is 0.472 e. The van der Waals surface area contributed by atoms with Crippen molar-refractivity contribution in [2.24, 2.45) is 39.4 Å². The number of ketones is 1. The van der Waals surface area contributed by atoms with Crippen LogP contribution in [0.4, 0.5) is 0 Å². The minimum absolute atomic E-state index is 0.0677. The molecule has 1 N–H and O–H groups in total. The van der Waals surface area contributed by atoms with Gasteiger partial charge in [-0.3, -0.25) is 19.2 Å². The molecular formula is C32H44O9. The summed E-state index contributed by atoms with van der Waals surface area (Å²) in [6, 6.07) is 1.91. The number of hydrogen-bond donors (Lipinski definition) is 1. The van der Waals surface area contributed by atoms with E-state index < -0.39 is 75.8 Å². The van der Waals surface area contributed by atoms with Crippen LogP contribution in [0.3, 0.4) is 0 Å². The fourth-order valence-corrected chi connectivity index (χ4v) is 10.6. The summed E-state index contributed by atoms with van der Waals surface area (Å²) in [5.41, 5.74) is -2.05. The number of aliphatic hydroxyl groups is 1. The highest BCUT2D eigenvalue weighted by molar-refractivity contribution is 5.87. The highest BCUT2D eigenvalue weighted by Crippen LogP contribution is 2.75. The third-order valence-corrected chi connectivity index (χ3v) is 11.8. The molecule has 1 aromatic rings. The lowest BCUT2D eigenvalue weighted by molar-refractivity contribution is -0.314. The van der Waals surface area contributed by atoms with Gasteiger partial charge in [0.25, 0.3) is 0 Å². The molecule has 0 spiro atoms.